The summed E-state index contributed by atoms with van der Waals surface area (Å²) < 4.78 is 0. The fraction of sp³-hybridized carbons (Fsp3) is 0.235. The normalized spacial score (nSPS) is 15.0. The van der Waals surface area contributed by atoms with Gasteiger partial charge in [0.1, 0.15) is 17.3 Å². The van der Waals surface area contributed by atoms with Crippen LogP contribution < -0.4 is 4.90 Å². The Kier molecular flexibility index (Phi) is 4.35. The Labute approximate surface area is 144 Å². The van der Waals surface area contributed by atoms with Gasteiger partial charge in [0.25, 0.3) is 0 Å². The van der Waals surface area contributed by atoms with E-state index in [9.17, 15) is 5.11 Å². The van der Waals surface area contributed by atoms with Crippen molar-refractivity contribution in [2.45, 2.75) is 6.92 Å². The van der Waals surface area contributed by atoms with Crippen LogP contribution in [0.25, 0.3) is 5.57 Å². The van der Waals surface area contributed by atoms with Crippen LogP contribution in [-0.2, 0) is 0 Å². The molecule has 2 aromatic rings. The molecule has 124 valence electrons. The first-order valence-electron chi connectivity index (χ1n) is 7.48. The third kappa shape index (κ3) is 3.16. The second-order valence-electron chi connectivity index (χ2n) is 5.75. The maximum Gasteiger partial charge on any atom is 0.155 e. The summed E-state index contributed by atoms with van der Waals surface area (Å²) in [5.41, 5.74) is 3.40. The molecule has 0 fully saturated rings. The molecule has 6 nitrogen and oxygen atoms in total. The molecule has 7 heteroatoms. The molecule has 0 saturated carbocycles. The zero-order chi connectivity index (χ0) is 17.3. The lowest BCUT2D eigenvalue weighted by atomic mass is 10.2. The topological polar surface area (TPSA) is 75.8 Å². The van der Waals surface area contributed by atoms with Gasteiger partial charge in [-0.1, -0.05) is 12.1 Å². The number of hydrazone groups is 1. The molecule has 1 aromatic heterocycles. The molecule has 1 aliphatic rings. The number of nitrogens with zero attached hydrogens (tertiary/aromatic N) is 4. The summed E-state index contributed by atoms with van der Waals surface area (Å²) in [5.74, 6) is 0.303. The Morgan fingerprint density at radius 1 is 1.33 bits per heavy atom. The molecule has 0 unspecified atom stereocenters. The number of hydrogen-bond donors (Lipinski definition) is 2. The molecule has 0 amide bonds. The Bertz CT molecular complexity index is 820. The Morgan fingerprint density at radius 2 is 2.04 bits per heavy atom. The number of anilines is 1. The maximum atomic E-state index is 10.2. The van der Waals surface area contributed by atoms with Gasteiger partial charge in [-0.15, -0.1) is 11.3 Å². The Balaban J connectivity index is 1.74. The summed E-state index contributed by atoms with van der Waals surface area (Å²) in [7, 11) is 3.98. The molecule has 1 aliphatic heterocycles. The number of hydrogen-bond acceptors (Lipinski definition) is 6. The fourth-order valence-corrected chi connectivity index (χ4v) is 3.22. The summed E-state index contributed by atoms with van der Waals surface area (Å²) in [6.45, 7) is 2.09. The van der Waals surface area contributed by atoms with Gasteiger partial charge in [0.2, 0.25) is 0 Å². The highest BCUT2D eigenvalue weighted by Gasteiger charge is 2.29. The minimum Gasteiger partial charge on any atom is -0.509 e. The van der Waals surface area contributed by atoms with Gasteiger partial charge in [0.05, 0.1) is 11.8 Å². The third-order valence-electron chi connectivity index (χ3n) is 3.67. The number of rotatable bonds is 4. The van der Waals surface area contributed by atoms with Crippen LogP contribution in [-0.4, -0.2) is 47.8 Å². The Hall–Kier alpha value is -2.67. The molecule has 0 aliphatic carbocycles. The van der Waals surface area contributed by atoms with Crippen molar-refractivity contribution in [3.8, 4) is 0 Å². The summed E-state index contributed by atoms with van der Waals surface area (Å²) in [6.07, 6.45) is 1.69. The molecule has 2 N–H and O–H groups in total. The number of aliphatic hydroxyl groups excluding tert-OH is 1. The molecule has 0 bridgehead atoms. The molecule has 0 atom stereocenters. The number of thiazole rings is 1. The number of aryl methyl sites for hydroxylation is 1. The highest BCUT2D eigenvalue weighted by molar-refractivity contribution is 7.11. The second-order valence-corrected chi connectivity index (χ2v) is 6.61. The molecule has 3 rings (SSSR count). The molecular formula is C17H19N5OS. The highest BCUT2D eigenvalue weighted by atomic mass is 32.1. The van der Waals surface area contributed by atoms with Crippen LogP contribution in [0.2, 0.25) is 0 Å². The van der Waals surface area contributed by atoms with Crippen LogP contribution in [0.3, 0.4) is 0 Å². The van der Waals surface area contributed by atoms with Crippen LogP contribution in [0, 0.1) is 12.3 Å². The van der Waals surface area contributed by atoms with E-state index in [1.807, 2.05) is 55.6 Å². The molecule has 0 saturated heterocycles. The molecule has 0 radical (unpaired) electrons. The average Bonchev–Trinajstić information content (AvgIpc) is 3.09. The summed E-state index contributed by atoms with van der Waals surface area (Å²) in [6, 6.07) is 7.96. The number of aromatic nitrogens is 1. The highest BCUT2D eigenvalue weighted by Crippen LogP contribution is 2.29. The quantitative estimate of drug-likeness (QED) is 0.838. The van der Waals surface area contributed by atoms with Crippen molar-refractivity contribution in [3.05, 3.63) is 51.7 Å². The van der Waals surface area contributed by atoms with E-state index in [2.05, 4.69) is 10.1 Å². The van der Waals surface area contributed by atoms with Crippen molar-refractivity contribution < 1.29 is 5.11 Å². The smallest absolute Gasteiger partial charge is 0.155 e. The van der Waals surface area contributed by atoms with Gasteiger partial charge in [0.15, 0.2) is 5.84 Å². The molecule has 0 spiro atoms. The average molecular weight is 341 g/mol. The van der Waals surface area contributed by atoms with Crippen molar-refractivity contribution >= 4 is 34.6 Å². The summed E-state index contributed by atoms with van der Waals surface area (Å²) in [4.78, 5) is 6.38. The first kappa shape index (κ1) is 16.2. The van der Waals surface area contributed by atoms with Gasteiger partial charge in [-0.05, 0) is 24.6 Å². The van der Waals surface area contributed by atoms with Crippen LogP contribution in [0.1, 0.15) is 16.3 Å². The van der Waals surface area contributed by atoms with Gasteiger partial charge in [-0.3, -0.25) is 5.41 Å². The monoisotopic (exact) mass is 341 g/mol. The van der Waals surface area contributed by atoms with E-state index in [-0.39, 0.29) is 18.1 Å². The first-order valence-corrected chi connectivity index (χ1v) is 8.36. The molecule has 2 heterocycles. The van der Waals surface area contributed by atoms with Gasteiger partial charge < -0.3 is 10.0 Å². The van der Waals surface area contributed by atoms with E-state index in [1.54, 1.807) is 6.21 Å². The van der Waals surface area contributed by atoms with Gasteiger partial charge in [0, 0.05) is 30.9 Å². The SMILES string of the molecule is Cc1csc(C2=C(O)CN(N=Cc3ccc(N(C)C)cc3)C2=N)n1. The van der Waals surface area contributed by atoms with E-state index < -0.39 is 0 Å². The second kappa shape index (κ2) is 6.45. The molecule has 24 heavy (non-hydrogen) atoms. The number of amidine groups is 1. The standard InChI is InChI=1S/C17H19N5OS/c1-11-10-24-17(20-11)15-14(23)9-22(16(15)18)19-8-12-4-6-13(7-5-12)21(2)3/h4-8,10,18,23H,9H2,1-3H3. The summed E-state index contributed by atoms with van der Waals surface area (Å²) in [5, 5.41) is 26.8. The predicted octanol–water partition coefficient (Wildman–Crippen LogP) is 3.11. The molecule has 1 aromatic carbocycles. The zero-order valence-electron chi connectivity index (χ0n) is 13.8. The minimum atomic E-state index is 0.134. The zero-order valence-corrected chi connectivity index (χ0v) is 14.6. The van der Waals surface area contributed by atoms with Crippen molar-refractivity contribution in [1.82, 2.24) is 9.99 Å². The number of aliphatic hydroxyl groups is 1. The van der Waals surface area contributed by atoms with E-state index in [1.165, 1.54) is 16.3 Å². The van der Waals surface area contributed by atoms with Crippen molar-refractivity contribution in [3.63, 3.8) is 0 Å². The number of nitrogens with one attached hydrogen (secondary N) is 1. The van der Waals surface area contributed by atoms with Gasteiger partial charge >= 0.3 is 0 Å². The van der Waals surface area contributed by atoms with Crippen LogP contribution in [0.4, 0.5) is 5.69 Å². The first-order chi connectivity index (χ1) is 11.5. The van der Waals surface area contributed by atoms with Crippen molar-refractivity contribution in [2.75, 3.05) is 25.5 Å². The summed E-state index contributed by atoms with van der Waals surface area (Å²) >= 11 is 1.42. The van der Waals surface area contributed by atoms with Crippen LogP contribution in [0.15, 0.2) is 40.5 Å². The lowest BCUT2D eigenvalue weighted by Gasteiger charge is -2.13. The van der Waals surface area contributed by atoms with Crippen LogP contribution in [0.5, 0.6) is 0 Å². The number of benzene rings is 1. The lowest BCUT2D eigenvalue weighted by Crippen LogP contribution is -2.20. The van der Waals surface area contributed by atoms with Gasteiger partial charge in [-0.25, -0.2) is 9.99 Å². The van der Waals surface area contributed by atoms with Crippen LogP contribution >= 0.6 is 11.3 Å². The van der Waals surface area contributed by atoms with Gasteiger partial charge in [-0.2, -0.15) is 5.10 Å². The van der Waals surface area contributed by atoms with Crippen molar-refractivity contribution in [1.29, 1.82) is 5.41 Å². The van der Waals surface area contributed by atoms with E-state index in [0.717, 1.165) is 16.9 Å². The lowest BCUT2D eigenvalue weighted by molar-refractivity contribution is 0.358. The fourth-order valence-electron chi connectivity index (χ4n) is 2.35. The third-order valence-corrected chi connectivity index (χ3v) is 4.65. The van der Waals surface area contributed by atoms with Crippen molar-refractivity contribution in [2.24, 2.45) is 5.10 Å². The largest absolute Gasteiger partial charge is 0.509 e. The minimum absolute atomic E-state index is 0.134. The maximum absolute atomic E-state index is 10.2. The van der Waals surface area contributed by atoms with E-state index in [0.29, 0.717) is 10.6 Å². The van der Waals surface area contributed by atoms with E-state index in [4.69, 9.17) is 5.41 Å². The van der Waals surface area contributed by atoms with E-state index >= 15 is 0 Å². The predicted molar refractivity (Wildman–Crippen MR) is 99.2 cm³/mol. The Morgan fingerprint density at radius 3 is 2.62 bits per heavy atom. The molecular weight excluding hydrogens is 322 g/mol.